The molecule has 3 aliphatic rings. The van der Waals surface area contributed by atoms with Gasteiger partial charge in [-0.1, -0.05) is 20.8 Å². The van der Waals surface area contributed by atoms with Crippen molar-refractivity contribution in [1.82, 2.24) is 14.9 Å². The molecule has 0 spiro atoms. The van der Waals surface area contributed by atoms with Crippen LogP contribution in [-0.2, 0) is 4.74 Å². The molecule has 1 aliphatic carbocycles. The second kappa shape index (κ2) is 7.83. The highest BCUT2D eigenvalue weighted by Gasteiger charge is 2.44. The summed E-state index contributed by atoms with van der Waals surface area (Å²) in [4.78, 5) is 16.4. The zero-order valence-corrected chi connectivity index (χ0v) is 18.9. The summed E-state index contributed by atoms with van der Waals surface area (Å²) in [7, 11) is 0. The number of morpholine rings is 1. The van der Waals surface area contributed by atoms with Crippen molar-refractivity contribution in [3.63, 3.8) is 0 Å². The van der Waals surface area contributed by atoms with Gasteiger partial charge in [0, 0.05) is 32.1 Å². The van der Waals surface area contributed by atoms with Gasteiger partial charge in [-0.15, -0.1) is 0 Å². The molecular formula is C23H34N6O2. The lowest BCUT2D eigenvalue weighted by Crippen LogP contribution is -2.54. The summed E-state index contributed by atoms with van der Waals surface area (Å²) < 4.78 is 11.7. The second-order valence-electron chi connectivity index (χ2n) is 9.98. The van der Waals surface area contributed by atoms with Gasteiger partial charge in [-0.05, 0) is 36.7 Å². The second-order valence-corrected chi connectivity index (χ2v) is 9.98. The molecule has 0 aromatic carbocycles. The molecule has 1 saturated heterocycles. The standard InChI is InChI=1S/C23H34N6O2/c1-4-23(24)16-5-6-22(2,3)13-15(16)17-18-19(31-21(17)28-23)20(27-14-26-18)25-7-8-29-9-11-30-12-10-29/h14,16H,4-13,24H2,1-3H3,(H,25,26,27). The predicted octanol–water partition coefficient (Wildman–Crippen LogP) is 1.64. The highest BCUT2D eigenvalue weighted by Crippen LogP contribution is 2.47. The molecule has 2 aromatic rings. The molecule has 5 rings (SSSR count). The van der Waals surface area contributed by atoms with Gasteiger partial charge < -0.3 is 20.2 Å². The summed E-state index contributed by atoms with van der Waals surface area (Å²) in [5.74, 6) is 0.973. The molecule has 168 valence electrons. The molecule has 0 radical (unpaired) electrons. The monoisotopic (exact) mass is 426 g/mol. The number of furan rings is 1. The Bertz CT molecular complexity index is 1090. The summed E-state index contributed by atoms with van der Waals surface area (Å²) in [6.45, 7) is 12.1. The Balaban J connectivity index is 1.54. The molecule has 2 atom stereocenters. The van der Waals surface area contributed by atoms with E-state index in [1.807, 2.05) is 0 Å². The van der Waals surface area contributed by atoms with Gasteiger partial charge in [-0.2, -0.15) is 0 Å². The number of nitrogens with one attached hydrogen (secondary N) is 1. The molecular weight excluding hydrogens is 392 g/mol. The normalized spacial score (nSPS) is 28.1. The average molecular weight is 427 g/mol. The molecule has 8 nitrogen and oxygen atoms in total. The maximum Gasteiger partial charge on any atom is 0.226 e. The van der Waals surface area contributed by atoms with Crippen LogP contribution in [0.15, 0.2) is 15.7 Å². The fourth-order valence-corrected chi connectivity index (χ4v) is 5.39. The minimum Gasteiger partial charge on any atom is -0.432 e. The number of nitrogens with zero attached hydrogens (tertiary/aromatic N) is 4. The number of ether oxygens (including phenoxy) is 1. The van der Waals surface area contributed by atoms with Crippen LogP contribution in [0.1, 0.15) is 46.5 Å². The molecule has 3 N–H and O–H groups in total. The van der Waals surface area contributed by atoms with Gasteiger partial charge in [0.2, 0.25) is 5.55 Å². The smallest absolute Gasteiger partial charge is 0.226 e. The van der Waals surface area contributed by atoms with E-state index in [0.29, 0.717) is 11.1 Å². The summed E-state index contributed by atoms with van der Waals surface area (Å²) >= 11 is 0. The van der Waals surface area contributed by atoms with Gasteiger partial charge in [0.1, 0.15) is 17.5 Å². The van der Waals surface area contributed by atoms with Gasteiger partial charge in [0.25, 0.3) is 0 Å². The summed E-state index contributed by atoms with van der Waals surface area (Å²) in [6.07, 6.45) is 5.62. The molecule has 31 heavy (non-hydrogen) atoms. The molecule has 2 fully saturated rings. The van der Waals surface area contributed by atoms with Crippen molar-refractivity contribution in [2.45, 2.75) is 52.1 Å². The number of hydrogen-bond donors (Lipinski definition) is 2. The van der Waals surface area contributed by atoms with Crippen LogP contribution < -0.4 is 21.8 Å². The van der Waals surface area contributed by atoms with E-state index in [1.54, 1.807) is 6.33 Å². The summed E-state index contributed by atoms with van der Waals surface area (Å²) in [5.41, 5.74) is 9.99. The quantitative estimate of drug-likeness (QED) is 0.749. The van der Waals surface area contributed by atoms with Gasteiger partial charge >= 0.3 is 0 Å². The largest absolute Gasteiger partial charge is 0.432 e. The van der Waals surface area contributed by atoms with Crippen LogP contribution >= 0.6 is 0 Å². The maximum atomic E-state index is 6.82. The lowest BCUT2D eigenvalue weighted by Gasteiger charge is -2.44. The fourth-order valence-electron chi connectivity index (χ4n) is 5.39. The van der Waals surface area contributed by atoms with E-state index in [4.69, 9.17) is 19.9 Å². The van der Waals surface area contributed by atoms with Crippen LogP contribution in [0.5, 0.6) is 0 Å². The van der Waals surface area contributed by atoms with Gasteiger partial charge in [-0.25, -0.2) is 15.0 Å². The molecule has 2 aromatic heterocycles. The first kappa shape index (κ1) is 20.8. The van der Waals surface area contributed by atoms with Crippen molar-refractivity contribution >= 4 is 22.5 Å². The van der Waals surface area contributed by atoms with E-state index < -0.39 is 5.66 Å². The van der Waals surface area contributed by atoms with Crippen molar-refractivity contribution in [1.29, 1.82) is 0 Å². The molecule has 1 saturated carbocycles. The number of nitrogens with two attached hydrogens (primary N) is 1. The Morgan fingerprint density at radius 1 is 1.26 bits per heavy atom. The lowest BCUT2D eigenvalue weighted by molar-refractivity contribution is 0.0398. The Morgan fingerprint density at radius 3 is 2.84 bits per heavy atom. The Kier molecular flexibility index (Phi) is 5.27. The lowest BCUT2D eigenvalue weighted by atomic mass is 9.65. The summed E-state index contributed by atoms with van der Waals surface area (Å²) in [6, 6.07) is 0. The maximum absolute atomic E-state index is 6.82. The Labute approximate surface area is 183 Å². The van der Waals surface area contributed by atoms with Gasteiger partial charge in [0.05, 0.1) is 18.4 Å². The van der Waals surface area contributed by atoms with Crippen molar-refractivity contribution < 1.29 is 9.15 Å². The minimum absolute atomic E-state index is 0.241. The van der Waals surface area contributed by atoms with Gasteiger partial charge in [0.15, 0.2) is 11.4 Å². The summed E-state index contributed by atoms with van der Waals surface area (Å²) in [5, 5.41) is 4.51. The number of aromatic nitrogens is 2. The van der Waals surface area contributed by atoms with E-state index >= 15 is 0 Å². The number of fused-ring (bicyclic) bond motifs is 4. The Morgan fingerprint density at radius 2 is 2.06 bits per heavy atom. The van der Waals surface area contributed by atoms with Crippen LogP contribution in [0.3, 0.4) is 0 Å². The number of anilines is 1. The first-order valence-electron chi connectivity index (χ1n) is 11.6. The molecule has 4 heterocycles. The van der Waals surface area contributed by atoms with Crippen LogP contribution in [0.25, 0.3) is 16.7 Å². The molecule has 8 heteroatoms. The molecule has 0 amide bonds. The topological polar surface area (TPSA) is 102 Å². The Hall–Kier alpha value is -2.03. The molecule has 2 unspecified atom stereocenters. The fraction of sp³-hybridized carbons (Fsp3) is 0.696. The third-order valence-corrected chi connectivity index (χ3v) is 7.28. The molecule has 2 aliphatic heterocycles. The van der Waals surface area contributed by atoms with Crippen LogP contribution in [-0.4, -0.2) is 59.9 Å². The number of hydrogen-bond acceptors (Lipinski definition) is 8. The van der Waals surface area contributed by atoms with Crippen LogP contribution in [0, 0.1) is 11.3 Å². The van der Waals surface area contributed by atoms with E-state index in [0.717, 1.165) is 81.6 Å². The van der Waals surface area contributed by atoms with Gasteiger partial charge in [-0.3, -0.25) is 4.90 Å². The highest BCUT2D eigenvalue weighted by molar-refractivity contribution is 5.85. The van der Waals surface area contributed by atoms with E-state index in [1.165, 1.54) is 5.57 Å². The highest BCUT2D eigenvalue weighted by atomic mass is 16.5. The molecule has 0 bridgehead atoms. The van der Waals surface area contributed by atoms with E-state index in [2.05, 4.69) is 41.0 Å². The van der Waals surface area contributed by atoms with Crippen molar-refractivity contribution in [2.24, 2.45) is 22.1 Å². The third-order valence-electron chi connectivity index (χ3n) is 7.28. The first-order chi connectivity index (χ1) is 14.9. The van der Waals surface area contributed by atoms with Crippen molar-refractivity contribution in [3.05, 3.63) is 17.1 Å². The average Bonchev–Trinajstić information content (AvgIpc) is 3.12. The van der Waals surface area contributed by atoms with Crippen molar-refractivity contribution in [3.8, 4) is 0 Å². The number of rotatable bonds is 5. The zero-order valence-electron chi connectivity index (χ0n) is 18.9. The SMILES string of the molecule is CCC1(N)N=c2oc3c(NCCN4CCOCC4)ncnc3c2=C2CC(C)(C)CCC21. The zero-order chi connectivity index (χ0) is 21.6. The van der Waals surface area contributed by atoms with Crippen LogP contribution in [0.4, 0.5) is 5.82 Å². The van der Waals surface area contributed by atoms with Crippen LogP contribution in [0.2, 0.25) is 0 Å². The van der Waals surface area contributed by atoms with E-state index in [-0.39, 0.29) is 11.3 Å². The van der Waals surface area contributed by atoms with E-state index in [9.17, 15) is 0 Å². The minimum atomic E-state index is -0.607. The first-order valence-corrected chi connectivity index (χ1v) is 11.6. The predicted molar refractivity (Wildman–Crippen MR) is 120 cm³/mol. The third kappa shape index (κ3) is 3.75. The van der Waals surface area contributed by atoms with Crippen molar-refractivity contribution in [2.75, 3.05) is 44.7 Å².